The predicted octanol–water partition coefficient (Wildman–Crippen LogP) is 3.36. The Kier molecular flexibility index (Phi) is 6.38. The van der Waals surface area contributed by atoms with Gasteiger partial charge in [0.2, 0.25) is 0 Å². The van der Waals surface area contributed by atoms with Crippen LogP contribution in [-0.4, -0.2) is 31.7 Å². The van der Waals surface area contributed by atoms with Crippen molar-refractivity contribution in [3.05, 3.63) is 28.8 Å². The van der Waals surface area contributed by atoms with Gasteiger partial charge < -0.3 is 5.32 Å². The smallest absolute Gasteiger partial charge is 0.148 e. The van der Waals surface area contributed by atoms with Gasteiger partial charge in [0.05, 0.1) is 5.75 Å². The van der Waals surface area contributed by atoms with Gasteiger partial charge in [0, 0.05) is 34.0 Å². The quantitative estimate of drug-likeness (QED) is 0.810. The van der Waals surface area contributed by atoms with E-state index in [9.17, 15) is 8.42 Å². The molecule has 1 N–H and O–H groups in total. The highest BCUT2D eigenvalue weighted by atomic mass is 35.5. The first-order chi connectivity index (χ1) is 9.07. The van der Waals surface area contributed by atoms with Gasteiger partial charge in [-0.05, 0) is 38.5 Å². The highest BCUT2D eigenvalue weighted by molar-refractivity contribution is 8.00. The van der Waals surface area contributed by atoms with Crippen molar-refractivity contribution in [2.45, 2.75) is 37.8 Å². The zero-order valence-corrected chi connectivity index (χ0v) is 14.8. The Hall–Kier alpha value is -0.230. The fourth-order valence-electron chi connectivity index (χ4n) is 1.47. The first-order valence-electron chi connectivity index (χ1n) is 6.41. The molecule has 0 bridgehead atoms. The molecule has 0 atom stereocenters. The summed E-state index contributed by atoms with van der Waals surface area (Å²) in [6.07, 6.45) is 1.26. The van der Waals surface area contributed by atoms with Crippen LogP contribution in [0, 0.1) is 0 Å². The van der Waals surface area contributed by atoms with E-state index in [-0.39, 0.29) is 11.3 Å². The van der Waals surface area contributed by atoms with Gasteiger partial charge in [0.25, 0.3) is 0 Å². The molecule has 0 amide bonds. The summed E-state index contributed by atoms with van der Waals surface area (Å²) >= 11 is 7.56. The summed E-state index contributed by atoms with van der Waals surface area (Å²) in [6.45, 7) is 7.07. The fraction of sp³-hybridized carbons (Fsp3) is 0.571. The molecule has 0 aromatic heterocycles. The molecule has 0 saturated carbocycles. The van der Waals surface area contributed by atoms with Crippen molar-refractivity contribution in [1.82, 2.24) is 5.32 Å². The lowest BCUT2D eigenvalue weighted by Gasteiger charge is -2.21. The van der Waals surface area contributed by atoms with Gasteiger partial charge >= 0.3 is 0 Å². The average molecular weight is 336 g/mol. The number of sulfone groups is 1. The fourth-order valence-corrected chi connectivity index (χ4v) is 4.01. The maximum absolute atomic E-state index is 11.2. The van der Waals surface area contributed by atoms with Crippen LogP contribution < -0.4 is 5.32 Å². The molecule has 3 nitrogen and oxygen atoms in total. The van der Waals surface area contributed by atoms with Gasteiger partial charge in [-0.1, -0.05) is 17.7 Å². The molecule has 20 heavy (non-hydrogen) atoms. The second-order valence-electron chi connectivity index (χ2n) is 5.83. The van der Waals surface area contributed by atoms with E-state index in [1.807, 2.05) is 18.2 Å². The van der Waals surface area contributed by atoms with Crippen molar-refractivity contribution in [3.63, 3.8) is 0 Å². The standard InChI is InChI=1S/C14H22ClNO2S2/c1-14(2,3)16-10-11-5-6-12(15)9-13(11)19-7-8-20(4,17)18/h5-6,9,16H,7-8,10H2,1-4H3. The molecule has 0 spiro atoms. The van der Waals surface area contributed by atoms with E-state index in [1.54, 1.807) is 0 Å². The summed E-state index contributed by atoms with van der Waals surface area (Å²) in [4.78, 5) is 1.04. The molecule has 0 radical (unpaired) electrons. The Balaban J connectivity index is 2.74. The Labute approximate surface area is 131 Å². The highest BCUT2D eigenvalue weighted by Gasteiger charge is 2.11. The van der Waals surface area contributed by atoms with E-state index in [1.165, 1.54) is 18.0 Å². The first kappa shape index (κ1) is 17.8. The van der Waals surface area contributed by atoms with Crippen LogP contribution in [0.3, 0.4) is 0 Å². The minimum absolute atomic E-state index is 0.0360. The minimum atomic E-state index is -2.92. The second-order valence-corrected chi connectivity index (χ2v) is 9.67. The largest absolute Gasteiger partial charge is 0.308 e. The highest BCUT2D eigenvalue weighted by Crippen LogP contribution is 2.27. The van der Waals surface area contributed by atoms with Gasteiger partial charge in [-0.3, -0.25) is 0 Å². The van der Waals surface area contributed by atoms with Crippen molar-refractivity contribution in [1.29, 1.82) is 0 Å². The Bertz CT molecular complexity index is 551. The minimum Gasteiger partial charge on any atom is -0.308 e. The Morgan fingerprint density at radius 3 is 2.50 bits per heavy atom. The van der Waals surface area contributed by atoms with Gasteiger partial charge in [0.1, 0.15) is 9.84 Å². The molecule has 0 heterocycles. The van der Waals surface area contributed by atoms with Gasteiger partial charge in [-0.25, -0.2) is 8.42 Å². The average Bonchev–Trinajstić information content (AvgIpc) is 2.25. The molecular formula is C14H22ClNO2S2. The number of rotatable bonds is 6. The van der Waals surface area contributed by atoms with Crippen LogP contribution in [0.1, 0.15) is 26.3 Å². The van der Waals surface area contributed by atoms with Gasteiger partial charge in [-0.15, -0.1) is 11.8 Å². The number of thioether (sulfide) groups is 1. The third-order valence-electron chi connectivity index (χ3n) is 2.55. The van der Waals surface area contributed by atoms with E-state index >= 15 is 0 Å². The molecule has 0 unspecified atom stereocenters. The third-order valence-corrected chi connectivity index (χ3v) is 5.09. The van der Waals surface area contributed by atoms with Gasteiger partial charge in [0.15, 0.2) is 0 Å². The van der Waals surface area contributed by atoms with Crippen LogP contribution in [0.2, 0.25) is 5.02 Å². The molecule has 1 rings (SSSR count). The maximum Gasteiger partial charge on any atom is 0.148 e. The van der Waals surface area contributed by atoms with Crippen molar-refractivity contribution in [3.8, 4) is 0 Å². The topological polar surface area (TPSA) is 46.2 Å². The molecule has 0 aliphatic heterocycles. The predicted molar refractivity (Wildman–Crippen MR) is 88.5 cm³/mol. The number of nitrogens with one attached hydrogen (secondary N) is 1. The molecule has 0 fully saturated rings. The number of halogens is 1. The van der Waals surface area contributed by atoms with Crippen molar-refractivity contribution >= 4 is 33.2 Å². The molecule has 0 aliphatic rings. The van der Waals surface area contributed by atoms with E-state index in [0.717, 1.165) is 17.0 Å². The molecule has 6 heteroatoms. The lowest BCUT2D eigenvalue weighted by molar-refractivity contribution is 0.422. The van der Waals surface area contributed by atoms with Crippen LogP contribution in [0.25, 0.3) is 0 Å². The SMILES string of the molecule is CC(C)(C)NCc1ccc(Cl)cc1SCCS(C)(=O)=O. The maximum atomic E-state index is 11.2. The summed E-state index contributed by atoms with van der Waals surface area (Å²) in [5, 5.41) is 4.10. The summed E-state index contributed by atoms with van der Waals surface area (Å²) in [5.41, 5.74) is 1.18. The Morgan fingerprint density at radius 1 is 1.30 bits per heavy atom. The van der Waals surface area contributed by atoms with Crippen LogP contribution in [-0.2, 0) is 16.4 Å². The van der Waals surface area contributed by atoms with Crippen molar-refractivity contribution in [2.75, 3.05) is 17.8 Å². The lowest BCUT2D eigenvalue weighted by Crippen LogP contribution is -2.35. The number of hydrogen-bond donors (Lipinski definition) is 1. The van der Waals surface area contributed by atoms with Crippen LogP contribution in [0.4, 0.5) is 0 Å². The molecule has 0 aliphatic carbocycles. The van der Waals surface area contributed by atoms with Crippen molar-refractivity contribution < 1.29 is 8.42 Å². The number of benzene rings is 1. The lowest BCUT2D eigenvalue weighted by atomic mass is 10.1. The zero-order valence-electron chi connectivity index (χ0n) is 12.4. The van der Waals surface area contributed by atoms with E-state index in [0.29, 0.717) is 10.8 Å². The number of hydrogen-bond acceptors (Lipinski definition) is 4. The van der Waals surface area contributed by atoms with Crippen LogP contribution >= 0.6 is 23.4 Å². The zero-order chi connectivity index (χ0) is 15.4. The van der Waals surface area contributed by atoms with Gasteiger partial charge in [-0.2, -0.15) is 0 Å². The summed E-state index contributed by atoms with van der Waals surface area (Å²) in [5.74, 6) is 0.720. The Morgan fingerprint density at radius 2 is 1.95 bits per heavy atom. The van der Waals surface area contributed by atoms with E-state index < -0.39 is 9.84 Å². The van der Waals surface area contributed by atoms with E-state index in [4.69, 9.17) is 11.6 Å². The molecule has 1 aromatic rings. The normalized spacial score (nSPS) is 12.7. The molecule has 114 valence electrons. The summed E-state index contributed by atoms with van der Waals surface area (Å²) in [6, 6.07) is 5.75. The second kappa shape index (κ2) is 7.16. The van der Waals surface area contributed by atoms with Crippen LogP contribution in [0.5, 0.6) is 0 Å². The van der Waals surface area contributed by atoms with Crippen molar-refractivity contribution in [2.24, 2.45) is 0 Å². The molecular weight excluding hydrogens is 314 g/mol. The summed E-state index contributed by atoms with van der Waals surface area (Å²) < 4.78 is 22.4. The monoisotopic (exact) mass is 335 g/mol. The van der Waals surface area contributed by atoms with E-state index in [2.05, 4.69) is 26.1 Å². The first-order valence-corrected chi connectivity index (χ1v) is 9.83. The van der Waals surface area contributed by atoms with Crippen LogP contribution in [0.15, 0.2) is 23.1 Å². The molecule has 1 aromatic carbocycles. The third kappa shape index (κ3) is 7.53. The summed E-state index contributed by atoms with van der Waals surface area (Å²) in [7, 11) is -2.92. The molecule has 0 saturated heterocycles.